The molecule has 0 unspecified atom stereocenters. The molecule has 1 amide bonds. The predicted octanol–water partition coefficient (Wildman–Crippen LogP) is 3.05. The molecule has 0 spiro atoms. The van der Waals surface area contributed by atoms with Crippen molar-refractivity contribution < 1.29 is 4.79 Å². The van der Waals surface area contributed by atoms with Gasteiger partial charge in [0.2, 0.25) is 5.95 Å². The maximum atomic E-state index is 12.0. The van der Waals surface area contributed by atoms with Crippen LogP contribution in [0.25, 0.3) is 0 Å². The minimum Gasteiger partial charge on any atom is -0.352 e. The molecule has 0 atom stereocenters. The number of aryl methyl sites for hydroxylation is 1. The van der Waals surface area contributed by atoms with Gasteiger partial charge in [-0.1, -0.05) is 30.3 Å². The summed E-state index contributed by atoms with van der Waals surface area (Å²) in [5.74, 6) is 0.387. The van der Waals surface area contributed by atoms with Gasteiger partial charge in [-0.05, 0) is 39.2 Å². The zero-order chi connectivity index (χ0) is 16.7. The summed E-state index contributed by atoms with van der Waals surface area (Å²) in [5, 5.41) is 6.06. The molecule has 0 aliphatic heterocycles. The highest BCUT2D eigenvalue weighted by Gasteiger charge is 2.12. The van der Waals surface area contributed by atoms with Crippen LogP contribution in [0.1, 0.15) is 43.1 Å². The Morgan fingerprint density at radius 3 is 2.35 bits per heavy atom. The van der Waals surface area contributed by atoms with E-state index < -0.39 is 0 Å². The van der Waals surface area contributed by atoms with Crippen molar-refractivity contribution in [1.29, 1.82) is 0 Å². The molecule has 2 N–H and O–H groups in total. The van der Waals surface area contributed by atoms with Crippen LogP contribution >= 0.6 is 0 Å². The standard InChI is InChI=1S/C18H24N4O/c1-18(2,3)22-17-20-12-15(13-21-17)16(23)19-11-7-10-14-8-5-4-6-9-14/h4-6,8-9,12-13H,7,10-11H2,1-3H3,(H,19,23)(H,20,21,22). The van der Waals surface area contributed by atoms with Gasteiger partial charge in [-0.15, -0.1) is 0 Å². The summed E-state index contributed by atoms with van der Waals surface area (Å²) >= 11 is 0. The molecule has 0 aliphatic carbocycles. The maximum absolute atomic E-state index is 12.0. The van der Waals surface area contributed by atoms with Gasteiger partial charge in [-0.25, -0.2) is 9.97 Å². The summed E-state index contributed by atoms with van der Waals surface area (Å²) in [5.41, 5.74) is 1.65. The molecule has 122 valence electrons. The number of rotatable bonds is 6. The van der Waals surface area contributed by atoms with Crippen molar-refractivity contribution in [3.8, 4) is 0 Å². The van der Waals surface area contributed by atoms with Crippen LogP contribution in [0.5, 0.6) is 0 Å². The van der Waals surface area contributed by atoms with Gasteiger partial charge in [0.1, 0.15) is 0 Å². The van der Waals surface area contributed by atoms with Crippen LogP contribution in [0.15, 0.2) is 42.7 Å². The lowest BCUT2D eigenvalue weighted by Crippen LogP contribution is -2.28. The third-order valence-corrected chi connectivity index (χ3v) is 3.17. The minimum atomic E-state index is -0.139. The van der Waals surface area contributed by atoms with Crippen molar-refractivity contribution in [2.75, 3.05) is 11.9 Å². The quantitative estimate of drug-likeness (QED) is 0.805. The van der Waals surface area contributed by atoms with Gasteiger partial charge in [-0.3, -0.25) is 4.79 Å². The predicted molar refractivity (Wildman–Crippen MR) is 92.5 cm³/mol. The highest BCUT2D eigenvalue weighted by molar-refractivity contribution is 5.93. The summed E-state index contributed by atoms with van der Waals surface area (Å²) < 4.78 is 0. The summed E-state index contributed by atoms with van der Waals surface area (Å²) in [7, 11) is 0. The molecule has 0 saturated heterocycles. The fraction of sp³-hybridized carbons (Fsp3) is 0.389. The van der Waals surface area contributed by atoms with E-state index in [1.807, 2.05) is 39.0 Å². The number of carbonyl (C=O) groups excluding carboxylic acids is 1. The molecule has 23 heavy (non-hydrogen) atoms. The third kappa shape index (κ3) is 6.06. The SMILES string of the molecule is CC(C)(C)Nc1ncc(C(=O)NCCCc2ccccc2)cn1. The average molecular weight is 312 g/mol. The zero-order valence-corrected chi connectivity index (χ0v) is 14.0. The first-order chi connectivity index (χ1) is 10.9. The highest BCUT2D eigenvalue weighted by Crippen LogP contribution is 2.09. The monoisotopic (exact) mass is 312 g/mol. The molecule has 1 heterocycles. The fourth-order valence-corrected chi connectivity index (χ4v) is 2.09. The van der Waals surface area contributed by atoms with Gasteiger partial charge >= 0.3 is 0 Å². The minimum absolute atomic E-state index is 0.110. The normalized spacial score (nSPS) is 11.1. The molecule has 0 radical (unpaired) electrons. The topological polar surface area (TPSA) is 66.9 Å². The molecule has 0 bridgehead atoms. The number of hydrogen-bond donors (Lipinski definition) is 2. The van der Waals surface area contributed by atoms with E-state index in [4.69, 9.17) is 0 Å². The molecule has 5 heteroatoms. The second kappa shape index (κ2) is 7.72. The van der Waals surface area contributed by atoms with Crippen molar-refractivity contribution in [2.24, 2.45) is 0 Å². The first kappa shape index (κ1) is 16.9. The Morgan fingerprint density at radius 1 is 1.09 bits per heavy atom. The number of anilines is 1. The molecule has 2 aromatic rings. The van der Waals surface area contributed by atoms with E-state index >= 15 is 0 Å². The van der Waals surface area contributed by atoms with E-state index in [0.29, 0.717) is 18.1 Å². The Hall–Kier alpha value is -2.43. The van der Waals surface area contributed by atoms with Crippen molar-refractivity contribution in [2.45, 2.75) is 39.2 Å². The van der Waals surface area contributed by atoms with Crippen LogP contribution in [-0.2, 0) is 6.42 Å². The molecule has 0 fully saturated rings. The van der Waals surface area contributed by atoms with Crippen LogP contribution in [0.4, 0.5) is 5.95 Å². The molecular formula is C18H24N4O. The molecule has 1 aromatic heterocycles. The lowest BCUT2D eigenvalue weighted by molar-refractivity contribution is 0.0952. The average Bonchev–Trinajstić information content (AvgIpc) is 2.51. The smallest absolute Gasteiger partial charge is 0.254 e. The van der Waals surface area contributed by atoms with Crippen LogP contribution in [-0.4, -0.2) is 28.0 Å². The van der Waals surface area contributed by atoms with Crippen molar-refractivity contribution in [1.82, 2.24) is 15.3 Å². The summed E-state index contributed by atoms with van der Waals surface area (Å²) in [4.78, 5) is 20.4. The largest absolute Gasteiger partial charge is 0.352 e. The number of carbonyl (C=O) groups is 1. The van der Waals surface area contributed by atoms with Crippen molar-refractivity contribution in [3.05, 3.63) is 53.9 Å². The maximum Gasteiger partial charge on any atom is 0.254 e. The number of nitrogens with one attached hydrogen (secondary N) is 2. The van der Waals surface area contributed by atoms with Gasteiger partial charge < -0.3 is 10.6 Å². The Bertz CT molecular complexity index is 618. The van der Waals surface area contributed by atoms with Crippen LogP contribution in [0, 0.1) is 0 Å². The van der Waals surface area contributed by atoms with Crippen LogP contribution < -0.4 is 10.6 Å². The number of benzene rings is 1. The van der Waals surface area contributed by atoms with Gasteiger partial charge in [0.15, 0.2) is 0 Å². The van der Waals surface area contributed by atoms with Gasteiger partial charge in [-0.2, -0.15) is 0 Å². The van der Waals surface area contributed by atoms with E-state index in [2.05, 4.69) is 32.7 Å². The van der Waals surface area contributed by atoms with E-state index in [1.165, 1.54) is 5.56 Å². The Labute approximate surface area is 137 Å². The lowest BCUT2D eigenvalue weighted by atomic mass is 10.1. The number of amides is 1. The third-order valence-electron chi connectivity index (χ3n) is 3.17. The molecule has 5 nitrogen and oxygen atoms in total. The van der Waals surface area contributed by atoms with E-state index in [1.54, 1.807) is 12.4 Å². The first-order valence-corrected chi connectivity index (χ1v) is 7.86. The molecule has 2 rings (SSSR count). The second-order valence-electron chi connectivity index (χ2n) is 6.52. The van der Waals surface area contributed by atoms with Crippen LogP contribution in [0.2, 0.25) is 0 Å². The summed E-state index contributed by atoms with van der Waals surface area (Å²) in [6.45, 7) is 6.73. The summed E-state index contributed by atoms with van der Waals surface area (Å²) in [6, 6.07) is 10.2. The zero-order valence-electron chi connectivity index (χ0n) is 14.0. The molecule has 1 aromatic carbocycles. The van der Waals surface area contributed by atoms with Gasteiger partial charge in [0.25, 0.3) is 5.91 Å². The van der Waals surface area contributed by atoms with Crippen molar-refractivity contribution in [3.63, 3.8) is 0 Å². The molecule has 0 saturated carbocycles. The second-order valence-corrected chi connectivity index (χ2v) is 6.52. The molecular weight excluding hydrogens is 288 g/mol. The Balaban J connectivity index is 1.77. The number of hydrogen-bond acceptors (Lipinski definition) is 4. The molecule has 0 aliphatic rings. The van der Waals surface area contributed by atoms with Gasteiger partial charge in [0.05, 0.1) is 5.56 Å². The van der Waals surface area contributed by atoms with Crippen molar-refractivity contribution >= 4 is 11.9 Å². The Morgan fingerprint density at radius 2 is 1.74 bits per heavy atom. The first-order valence-electron chi connectivity index (χ1n) is 7.86. The van der Waals surface area contributed by atoms with E-state index in [0.717, 1.165) is 12.8 Å². The number of aromatic nitrogens is 2. The highest BCUT2D eigenvalue weighted by atomic mass is 16.1. The lowest BCUT2D eigenvalue weighted by Gasteiger charge is -2.20. The van der Waals surface area contributed by atoms with E-state index in [9.17, 15) is 4.79 Å². The number of nitrogens with zero attached hydrogens (tertiary/aromatic N) is 2. The Kier molecular flexibility index (Phi) is 5.68. The van der Waals surface area contributed by atoms with Crippen LogP contribution in [0.3, 0.4) is 0 Å². The van der Waals surface area contributed by atoms with E-state index in [-0.39, 0.29) is 11.4 Å². The summed E-state index contributed by atoms with van der Waals surface area (Å²) in [6.07, 6.45) is 4.95. The fourth-order valence-electron chi connectivity index (χ4n) is 2.09. The van der Waals surface area contributed by atoms with Gasteiger partial charge in [0, 0.05) is 24.5 Å².